The fraction of sp³-hybridized carbons (Fsp3) is 0.188. The minimum absolute atomic E-state index is 0.235. The fourth-order valence-corrected chi connectivity index (χ4v) is 1.78. The van der Waals surface area contributed by atoms with Gasteiger partial charge in [0.25, 0.3) is 0 Å². The number of nitrogens with one attached hydrogen (secondary N) is 1. The predicted molar refractivity (Wildman–Crippen MR) is 77.5 cm³/mol. The Kier molecular flexibility index (Phi) is 5.41. The second-order valence-corrected chi connectivity index (χ2v) is 4.41. The molecule has 0 saturated heterocycles. The summed E-state index contributed by atoms with van der Waals surface area (Å²) in [5.74, 6) is -0.235. The summed E-state index contributed by atoms with van der Waals surface area (Å²) in [6, 6.07) is 9.89. The molecule has 20 heavy (non-hydrogen) atoms. The second-order valence-electron chi connectivity index (χ2n) is 4.41. The molecule has 3 nitrogen and oxygen atoms in total. The van der Waals surface area contributed by atoms with Gasteiger partial charge in [0, 0.05) is 25.5 Å². The third-order valence-electron chi connectivity index (χ3n) is 2.87. The number of halogens is 1. The molecule has 2 aromatic rings. The van der Waals surface area contributed by atoms with E-state index in [1.165, 1.54) is 12.1 Å². The molecule has 1 heterocycles. The Morgan fingerprint density at radius 1 is 1.15 bits per heavy atom. The van der Waals surface area contributed by atoms with Crippen LogP contribution in [0, 0.1) is 5.82 Å². The molecule has 2 N–H and O–H groups in total. The van der Waals surface area contributed by atoms with Gasteiger partial charge in [0.1, 0.15) is 5.82 Å². The molecule has 0 aliphatic heterocycles. The molecule has 4 heteroatoms. The lowest BCUT2D eigenvalue weighted by Crippen LogP contribution is -2.21. The number of rotatable bonds is 6. The highest BCUT2D eigenvalue weighted by Crippen LogP contribution is 2.09. The molecular weight excluding hydrogens is 255 g/mol. The zero-order valence-corrected chi connectivity index (χ0v) is 11.0. The summed E-state index contributed by atoms with van der Waals surface area (Å²) < 4.78 is 12.7. The molecule has 0 bridgehead atoms. The molecule has 0 fully saturated rings. The number of hydrogen-bond acceptors (Lipinski definition) is 3. The SMILES string of the molecule is OC(CNC/C=C/c1ccc(F)cc1)c1ccncc1. The normalized spacial score (nSPS) is 12.7. The summed E-state index contributed by atoms with van der Waals surface area (Å²) in [6.45, 7) is 1.11. The maximum absolute atomic E-state index is 12.7. The second kappa shape index (κ2) is 7.53. The van der Waals surface area contributed by atoms with Gasteiger partial charge in [0.05, 0.1) is 6.10 Å². The molecule has 104 valence electrons. The zero-order chi connectivity index (χ0) is 14.2. The molecule has 0 amide bonds. The number of benzene rings is 1. The Morgan fingerprint density at radius 2 is 1.85 bits per heavy atom. The first-order valence-corrected chi connectivity index (χ1v) is 6.46. The largest absolute Gasteiger partial charge is 0.387 e. The van der Waals surface area contributed by atoms with Gasteiger partial charge in [-0.15, -0.1) is 0 Å². The van der Waals surface area contributed by atoms with Crippen LogP contribution >= 0.6 is 0 Å². The number of pyridine rings is 1. The van der Waals surface area contributed by atoms with Gasteiger partial charge in [-0.3, -0.25) is 4.98 Å². The minimum Gasteiger partial charge on any atom is -0.387 e. The monoisotopic (exact) mass is 272 g/mol. The summed E-state index contributed by atoms with van der Waals surface area (Å²) in [5, 5.41) is 13.0. The van der Waals surface area contributed by atoms with E-state index in [-0.39, 0.29) is 5.82 Å². The predicted octanol–water partition coefficient (Wildman–Crippen LogP) is 2.56. The molecule has 0 spiro atoms. The topological polar surface area (TPSA) is 45.1 Å². The lowest BCUT2D eigenvalue weighted by Gasteiger charge is -2.10. The Morgan fingerprint density at radius 3 is 2.55 bits per heavy atom. The van der Waals surface area contributed by atoms with E-state index >= 15 is 0 Å². The van der Waals surface area contributed by atoms with Crippen LogP contribution < -0.4 is 5.32 Å². The minimum atomic E-state index is -0.544. The van der Waals surface area contributed by atoms with Crippen molar-refractivity contribution >= 4 is 6.08 Å². The van der Waals surface area contributed by atoms with E-state index in [0.717, 1.165) is 11.1 Å². The Bertz CT molecular complexity index is 540. The van der Waals surface area contributed by atoms with Crippen molar-refractivity contribution in [3.8, 4) is 0 Å². The first-order valence-electron chi connectivity index (χ1n) is 6.46. The van der Waals surface area contributed by atoms with Crippen molar-refractivity contribution in [2.24, 2.45) is 0 Å². The van der Waals surface area contributed by atoms with E-state index in [4.69, 9.17) is 0 Å². The van der Waals surface area contributed by atoms with Crippen LogP contribution in [0.1, 0.15) is 17.2 Å². The first-order chi connectivity index (χ1) is 9.75. The fourth-order valence-electron chi connectivity index (χ4n) is 1.78. The lowest BCUT2D eigenvalue weighted by atomic mass is 10.1. The highest BCUT2D eigenvalue weighted by atomic mass is 19.1. The van der Waals surface area contributed by atoms with Crippen molar-refractivity contribution in [3.05, 3.63) is 71.8 Å². The van der Waals surface area contributed by atoms with Gasteiger partial charge in [-0.25, -0.2) is 4.39 Å². The van der Waals surface area contributed by atoms with Crippen molar-refractivity contribution in [3.63, 3.8) is 0 Å². The van der Waals surface area contributed by atoms with Crippen molar-refractivity contribution in [1.82, 2.24) is 10.3 Å². The van der Waals surface area contributed by atoms with Crippen LogP contribution in [0.4, 0.5) is 4.39 Å². The van der Waals surface area contributed by atoms with Gasteiger partial charge in [0.15, 0.2) is 0 Å². The van der Waals surface area contributed by atoms with Crippen LogP contribution in [0.25, 0.3) is 6.08 Å². The van der Waals surface area contributed by atoms with Gasteiger partial charge in [0.2, 0.25) is 0 Å². The first kappa shape index (κ1) is 14.4. The standard InChI is InChI=1S/C16H17FN2O/c17-15-5-3-13(4-6-15)2-1-9-19-12-16(20)14-7-10-18-11-8-14/h1-8,10-11,16,19-20H,9,12H2/b2-1+. The Balaban J connectivity index is 1.72. The lowest BCUT2D eigenvalue weighted by molar-refractivity contribution is 0.176. The molecule has 0 saturated carbocycles. The van der Waals surface area contributed by atoms with Crippen molar-refractivity contribution in [1.29, 1.82) is 0 Å². The van der Waals surface area contributed by atoms with E-state index in [0.29, 0.717) is 13.1 Å². The van der Waals surface area contributed by atoms with Crippen LogP contribution in [-0.2, 0) is 0 Å². The molecule has 0 radical (unpaired) electrons. The van der Waals surface area contributed by atoms with Crippen molar-refractivity contribution in [2.75, 3.05) is 13.1 Å². The summed E-state index contributed by atoms with van der Waals surface area (Å²) >= 11 is 0. The third kappa shape index (κ3) is 4.57. The summed E-state index contributed by atoms with van der Waals surface area (Å²) in [6.07, 6.45) is 6.62. The van der Waals surface area contributed by atoms with Crippen molar-refractivity contribution < 1.29 is 9.50 Å². The summed E-state index contributed by atoms with van der Waals surface area (Å²) in [5.41, 5.74) is 1.79. The van der Waals surface area contributed by atoms with Crippen LogP contribution in [-0.4, -0.2) is 23.2 Å². The molecule has 1 unspecified atom stereocenters. The van der Waals surface area contributed by atoms with Gasteiger partial charge < -0.3 is 10.4 Å². The van der Waals surface area contributed by atoms with E-state index < -0.39 is 6.10 Å². The highest BCUT2D eigenvalue weighted by molar-refractivity contribution is 5.48. The number of aliphatic hydroxyl groups excluding tert-OH is 1. The van der Waals surface area contributed by atoms with E-state index in [2.05, 4.69) is 10.3 Å². The Hall–Kier alpha value is -2.04. The van der Waals surface area contributed by atoms with Crippen LogP contribution in [0.3, 0.4) is 0 Å². The molecule has 1 atom stereocenters. The molecule has 1 aromatic heterocycles. The number of aromatic nitrogens is 1. The summed E-state index contributed by atoms with van der Waals surface area (Å²) in [4.78, 5) is 3.91. The van der Waals surface area contributed by atoms with Gasteiger partial charge in [-0.2, -0.15) is 0 Å². The van der Waals surface area contributed by atoms with E-state index in [1.54, 1.807) is 36.7 Å². The molecule has 1 aromatic carbocycles. The maximum atomic E-state index is 12.7. The molecular formula is C16H17FN2O. The molecule has 0 aliphatic rings. The van der Waals surface area contributed by atoms with E-state index in [9.17, 15) is 9.50 Å². The highest BCUT2D eigenvalue weighted by Gasteiger charge is 2.04. The molecule has 0 aliphatic carbocycles. The number of hydrogen-bond donors (Lipinski definition) is 2. The van der Waals surface area contributed by atoms with Gasteiger partial charge in [-0.1, -0.05) is 24.3 Å². The summed E-state index contributed by atoms with van der Waals surface area (Å²) in [7, 11) is 0. The smallest absolute Gasteiger partial charge is 0.123 e. The van der Waals surface area contributed by atoms with E-state index in [1.807, 2.05) is 12.2 Å². The maximum Gasteiger partial charge on any atom is 0.123 e. The quantitative estimate of drug-likeness (QED) is 0.794. The number of aliphatic hydroxyl groups is 1. The van der Waals surface area contributed by atoms with Crippen LogP contribution in [0.2, 0.25) is 0 Å². The zero-order valence-electron chi connectivity index (χ0n) is 11.0. The Labute approximate surface area is 117 Å². The van der Waals surface area contributed by atoms with Gasteiger partial charge in [-0.05, 0) is 35.4 Å². The third-order valence-corrected chi connectivity index (χ3v) is 2.87. The average Bonchev–Trinajstić information content (AvgIpc) is 2.49. The molecule has 2 rings (SSSR count). The number of nitrogens with zero attached hydrogens (tertiary/aromatic N) is 1. The average molecular weight is 272 g/mol. The van der Waals surface area contributed by atoms with Crippen molar-refractivity contribution in [2.45, 2.75) is 6.10 Å². The van der Waals surface area contributed by atoms with Gasteiger partial charge >= 0.3 is 0 Å². The van der Waals surface area contributed by atoms with Crippen LogP contribution in [0.5, 0.6) is 0 Å². The van der Waals surface area contributed by atoms with Crippen LogP contribution in [0.15, 0.2) is 54.9 Å².